The Labute approximate surface area is 162 Å². The topological polar surface area (TPSA) is 62.8 Å². The van der Waals surface area contributed by atoms with Gasteiger partial charge in [0.2, 0.25) is 0 Å². The van der Waals surface area contributed by atoms with E-state index in [0.717, 1.165) is 28.4 Å². The Morgan fingerprint density at radius 3 is 2.33 bits per heavy atom. The molecule has 0 bridgehead atoms. The van der Waals surface area contributed by atoms with Crippen LogP contribution in [0.25, 0.3) is 22.5 Å². The Kier molecular flexibility index (Phi) is 5.18. The molecule has 0 fully saturated rings. The Hall–Kier alpha value is -2.13. The van der Waals surface area contributed by atoms with Crippen LogP contribution in [-0.2, 0) is 9.84 Å². The third kappa shape index (κ3) is 3.93. The van der Waals surface area contributed by atoms with Gasteiger partial charge in [0.15, 0.2) is 15.7 Å². The molecule has 142 valence electrons. The second kappa shape index (κ2) is 7.12. The van der Waals surface area contributed by atoms with Crippen LogP contribution < -0.4 is 0 Å². The molecule has 9 heteroatoms. The number of hydrogen-bond acceptors (Lipinski definition) is 3. The quantitative estimate of drug-likeness (QED) is 0.577. The molecule has 0 saturated heterocycles. The molecule has 1 aromatic heterocycles. The van der Waals surface area contributed by atoms with Crippen LogP contribution in [-0.4, -0.2) is 24.6 Å². The van der Waals surface area contributed by atoms with Crippen LogP contribution in [0, 0.1) is 12.7 Å². The number of aromatic amines is 1. The normalized spacial score (nSPS) is 12.0. The average molecular weight is 459 g/mol. The first-order valence-electron chi connectivity index (χ1n) is 7.72. The monoisotopic (exact) mass is 458 g/mol. The molecule has 0 saturated carbocycles. The number of halogens is 4. The average Bonchev–Trinajstić information content (AvgIpc) is 3.01. The standard InChI is InChI=1S/C18H14BrF3N2O2S/c1-9-3-4-10(7-12(9)19)15-16(24-18(23-15)17(21)22)11-5-6-14(13(20)8-11)27(2,25)26/h3-8,17H,1-2H3,(H,23,24). The predicted molar refractivity (Wildman–Crippen MR) is 99.9 cm³/mol. The zero-order chi connectivity index (χ0) is 19.9. The van der Waals surface area contributed by atoms with Gasteiger partial charge in [-0.25, -0.2) is 26.6 Å². The lowest BCUT2D eigenvalue weighted by Gasteiger charge is -2.07. The van der Waals surface area contributed by atoms with Crippen molar-refractivity contribution in [3.05, 3.63) is 58.1 Å². The first-order chi connectivity index (χ1) is 12.6. The first kappa shape index (κ1) is 19.6. The van der Waals surface area contributed by atoms with E-state index in [-0.39, 0.29) is 17.0 Å². The van der Waals surface area contributed by atoms with E-state index in [4.69, 9.17) is 0 Å². The fourth-order valence-electron chi connectivity index (χ4n) is 2.61. The van der Waals surface area contributed by atoms with E-state index < -0.39 is 32.8 Å². The third-order valence-electron chi connectivity index (χ3n) is 3.99. The van der Waals surface area contributed by atoms with Gasteiger partial charge in [-0.05, 0) is 30.7 Å². The molecular weight excluding hydrogens is 445 g/mol. The van der Waals surface area contributed by atoms with Gasteiger partial charge in [-0.2, -0.15) is 0 Å². The van der Waals surface area contributed by atoms with Crippen LogP contribution in [0.3, 0.4) is 0 Å². The number of aromatic nitrogens is 2. The summed E-state index contributed by atoms with van der Waals surface area (Å²) in [5.74, 6) is -1.52. The number of imidazole rings is 1. The van der Waals surface area contributed by atoms with E-state index in [1.807, 2.05) is 6.92 Å². The van der Waals surface area contributed by atoms with Crippen molar-refractivity contribution in [1.29, 1.82) is 0 Å². The minimum absolute atomic E-state index is 0.111. The molecule has 27 heavy (non-hydrogen) atoms. The summed E-state index contributed by atoms with van der Waals surface area (Å²) < 4.78 is 64.6. The number of nitrogens with one attached hydrogen (secondary N) is 1. The van der Waals surface area contributed by atoms with Crippen LogP contribution in [0.2, 0.25) is 0 Å². The number of rotatable bonds is 4. The van der Waals surface area contributed by atoms with Crippen molar-refractivity contribution in [3.8, 4) is 22.5 Å². The molecule has 0 aliphatic heterocycles. The van der Waals surface area contributed by atoms with Gasteiger partial charge in [0.05, 0.1) is 11.4 Å². The van der Waals surface area contributed by atoms with Crippen molar-refractivity contribution < 1.29 is 21.6 Å². The maximum Gasteiger partial charge on any atom is 0.295 e. The van der Waals surface area contributed by atoms with Crippen LogP contribution in [0.1, 0.15) is 17.8 Å². The maximum absolute atomic E-state index is 14.3. The third-order valence-corrected chi connectivity index (χ3v) is 5.98. The number of benzene rings is 2. The Balaban J connectivity index is 2.20. The molecule has 0 aliphatic carbocycles. The molecule has 3 rings (SSSR count). The van der Waals surface area contributed by atoms with E-state index in [2.05, 4.69) is 25.9 Å². The van der Waals surface area contributed by atoms with Gasteiger partial charge >= 0.3 is 0 Å². The molecule has 4 nitrogen and oxygen atoms in total. The van der Waals surface area contributed by atoms with Crippen molar-refractivity contribution in [2.24, 2.45) is 0 Å². The van der Waals surface area contributed by atoms with E-state index in [1.165, 1.54) is 6.07 Å². The van der Waals surface area contributed by atoms with Crippen molar-refractivity contribution in [3.63, 3.8) is 0 Å². The molecule has 0 amide bonds. The van der Waals surface area contributed by atoms with Gasteiger partial charge in [-0.3, -0.25) is 0 Å². The summed E-state index contributed by atoms with van der Waals surface area (Å²) in [6, 6.07) is 8.70. The summed E-state index contributed by atoms with van der Waals surface area (Å²) in [6.07, 6.45) is -1.95. The smallest absolute Gasteiger partial charge is 0.295 e. The van der Waals surface area contributed by atoms with Crippen LogP contribution in [0.15, 0.2) is 45.8 Å². The number of hydrogen-bond donors (Lipinski definition) is 1. The van der Waals surface area contributed by atoms with E-state index in [9.17, 15) is 21.6 Å². The predicted octanol–water partition coefficient (Wildman–Crippen LogP) is 5.29. The highest BCUT2D eigenvalue weighted by molar-refractivity contribution is 9.10. The summed E-state index contributed by atoms with van der Waals surface area (Å²) in [4.78, 5) is 6.03. The second-order valence-corrected chi connectivity index (χ2v) is 8.87. The lowest BCUT2D eigenvalue weighted by atomic mass is 10.0. The highest BCUT2D eigenvalue weighted by atomic mass is 79.9. The second-order valence-electron chi connectivity index (χ2n) is 6.03. The Bertz CT molecular complexity index is 1130. The van der Waals surface area contributed by atoms with E-state index >= 15 is 0 Å². The summed E-state index contributed by atoms with van der Waals surface area (Å²) >= 11 is 3.39. The van der Waals surface area contributed by atoms with Crippen molar-refractivity contribution in [1.82, 2.24) is 9.97 Å². The fraction of sp³-hybridized carbons (Fsp3) is 0.167. The summed E-state index contributed by atoms with van der Waals surface area (Å²) in [7, 11) is -3.74. The molecule has 0 radical (unpaired) electrons. The zero-order valence-electron chi connectivity index (χ0n) is 14.2. The fourth-order valence-corrected chi connectivity index (χ4v) is 3.72. The molecule has 0 unspecified atom stereocenters. The SMILES string of the molecule is Cc1ccc(-c2[nH]c(C(F)F)nc2-c2ccc(S(C)(=O)=O)c(F)c2)cc1Br. The van der Waals surface area contributed by atoms with E-state index in [0.29, 0.717) is 5.56 Å². The van der Waals surface area contributed by atoms with E-state index in [1.54, 1.807) is 18.2 Å². The first-order valence-corrected chi connectivity index (χ1v) is 10.4. The van der Waals surface area contributed by atoms with Crippen molar-refractivity contribution >= 4 is 25.8 Å². The molecule has 2 aromatic carbocycles. The van der Waals surface area contributed by atoms with Crippen LogP contribution in [0.4, 0.5) is 13.2 Å². The lowest BCUT2D eigenvalue weighted by Crippen LogP contribution is -2.00. The summed E-state index contributed by atoms with van der Waals surface area (Å²) in [6.45, 7) is 1.88. The number of H-pyrrole nitrogens is 1. The molecule has 0 aliphatic rings. The highest BCUT2D eigenvalue weighted by Crippen LogP contribution is 2.35. The van der Waals surface area contributed by atoms with Gasteiger partial charge in [-0.15, -0.1) is 0 Å². The minimum Gasteiger partial charge on any atom is -0.337 e. The van der Waals surface area contributed by atoms with Gasteiger partial charge in [-0.1, -0.05) is 34.1 Å². The van der Waals surface area contributed by atoms with Crippen LogP contribution >= 0.6 is 15.9 Å². The highest BCUT2D eigenvalue weighted by Gasteiger charge is 2.21. The largest absolute Gasteiger partial charge is 0.337 e. The van der Waals surface area contributed by atoms with Gasteiger partial charge in [0, 0.05) is 21.9 Å². The van der Waals surface area contributed by atoms with Crippen molar-refractivity contribution in [2.45, 2.75) is 18.2 Å². The molecule has 1 N–H and O–H groups in total. The maximum atomic E-state index is 14.3. The Morgan fingerprint density at radius 2 is 1.78 bits per heavy atom. The molecule has 0 atom stereocenters. The van der Waals surface area contributed by atoms with Gasteiger partial charge < -0.3 is 4.98 Å². The summed E-state index contributed by atoms with van der Waals surface area (Å²) in [5.41, 5.74) is 2.12. The zero-order valence-corrected chi connectivity index (χ0v) is 16.6. The Morgan fingerprint density at radius 1 is 1.11 bits per heavy atom. The minimum atomic E-state index is -3.74. The number of nitrogens with zero attached hydrogens (tertiary/aromatic N) is 1. The van der Waals surface area contributed by atoms with Crippen LogP contribution in [0.5, 0.6) is 0 Å². The number of alkyl halides is 2. The molecule has 0 spiro atoms. The summed E-state index contributed by atoms with van der Waals surface area (Å²) in [5, 5.41) is 0. The van der Waals surface area contributed by atoms with Gasteiger partial charge in [0.25, 0.3) is 6.43 Å². The van der Waals surface area contributed by atoms with Crippen molar-refractivity contribution in [2.75, 3.05) is 6.26 Å². The number of aryl methyl sites for hydroxylation is 1. The lowest BCUT2D eigenvalue weighted by molar-refractivity contribution is 0.141. The molecule has 1 heterocycles. The van der Waals surface area contributed by atoms with Gasteiger partial charge in [0.1, 0.15) is 10.7 Å². The molecular formula is C18H14BrF3N2O2S. The number of sulfone groups is 1. The molecule has 3 aromatic rings.